The zero-order valence-corrected chi connectivity index (χ0v) is 16.1. The minimum atomic E-state index is -0.751. The molecule has 0 saturated heterocycles. The summed E-state index contributed by atoms with van der Waals surface area (Å²) in [6.45, 7) is 3.49. The number of aryl methyl sites for hydroxylation is 1. The van der Waals surface area contributed by atoms with Gasteiger partial charge < -0.3 is 14.2 Å². The molecule has 1 aliphatic rings. The summed E-state index contributed by atoms with van der Waals surface area (Å²) in [5.41, 5.74) is 2.30. The Kier molecular flexibility index (Phi) is 4.99. The van der Waals surface area contributed by atoms with Gasteiger partial charge in [0.25, 0.3) is 5.91 Å². The number of amides is 1. The fraction of sp³-hybridized carbons (Fsp3) is 0.333. The first-order valence-electron chi connectivity index (χ1n) is 9.19. The highest BCUT2D eigenvalue weighted by atomic mass is 32.1. The molecule has 4 rings (SSSR count). The van der Waals surface area contributed by atoms with E-state index in [-0.39, 0.29) is 18.3 Å². The predicted molar refractivity (Wildman–Crippen MR) is 106 cm³/mol. The molecular formula is C21H22N2O3S. The van der Waals surface area contributed by atoms with Crippen molar-refractivity contribution < 1.29 is 14.3 Å². The first-order valence-corrected chi connectivity index (χ1v) is 10.1. The summed E-state index contributed by atoms with van der Waals surface area (Å²) in [5.74, 6) is -0.464. The van der Waals surface area contributed by atoms with Crippen molar-refractivity contribution in [2.45, 2.75) is 39.0 Å². The predicted octanol–water partition coefficient (Wildman–Crippen LogP) is 3.61. The molecule has 0 aliphatic carbocycles. The zero-order valence-electron chi connectivity index (χ0n) is 15.3. The van der Waals surface area contributed by atoms with Crippen LogP contribution in [0.3, 0.4) is 0 Å². The molecule has 3 heterocycles. The summed E-state index contributed by atoms with van der Waals surface area (Å²) in [7, 11) is 0. The van der Waals surface area contributed by atoms with E-state index in [0.29, 0.717) is 19.6 Å². The molecule has 0 radical (unpaired) electrons. The van der Waals surface area contributed by atoms with E-state index in [1.165, 1.54) is 10.4 Å². The molecular weight excluding hydrogens is 360 g/mol. The number of carbonyl (C=O) groups is 2. The molecule has 1 aliphatic heterocycles. The minimum absolute atomic E-state index is 0.119. The van der Waals surface area contributed by atoms with Gasteiger partial charge in [-0.2, -0.15) is 0 Å². The van der Waals surface area contributed by atoms with Gasteiger partial charge in [-0.1, -0.05) is 18.2 Å². The normalized spacial score (nSPS) is 14.8. The number of aromatic nitrogens is 1. The van der Waals surface area contributed by atoms with Crippen molar-refractivity contribution in [1.82, 2.24) is 9.47 Å². The molecule has 3 aromatic rings. The Hall–Kier alpha value is -2.60. The second kappa shape index (κ2) is 7.56. The van der Waals surface area contributed by atoms with Crippen LogP contribution in [0.25, 0.3) is 10.9 Å². The molecule has 0 N–H and O–H groups in total. The second-order valence-electron chi connectivity index (χ2n) is 6.83. The van der Waals surface area contributed by atoms with Gasteiger partial charge in [0.05, 0.1) is 6.42 Å². The molecule has 140 valence electrons. The standard InChI is InChI=1S/C21H22N2O3S/c1-15(21(25)23-11-7-19-17(14-23)9-13-27-19)26-20(24)8-12-22-10-6-16-4-2-3-5-18(16)22/h2-6,9-10,13,15H,7-8,11-12,14H2,1H3. The Morgan fingerprint density at radius 1 is 1.22 bits per heavy atom. The molecule has 0 saturated carbocycles. The van der Waals surface area contributed by atoms with Crippen molar-refractivity contribution in [1.29, 1.82) is 0 Å². The first-order chi connectivity index (χ1) is 13.1. The highest BCUT2D eigenvalue weighted by Crippen LogP contribution is 2.24. The third kappa shape index (κ3) is 3.76. The quantitative estimate of drug-likeness (QED) is 0.634. The van der Waals surface area contributed by atoms with Crippen LogP contribution in [0.4, 0.5) is 0 Å². The topological polar surface area (TPSA) is 51.5 Å². The fourth-order valence-corrected chi connectivity index (χ4v) is 4.44. The number of ether oxygens (including phenoxy) is 1. The van der Waals surface area contributed by atoms with Crippen LogP contribution in [-0.2, 0) is 33.8 Å². The van der Waals surface area contributed by atoms with Crippen LogP contribution in [0.5, 0.6) is 0 Å². The fourth-order valence-electron chi connectivity index (χ4n) is 3.55. The Balaban J connectivity index is 1.30. The third-order valence-corrected chi connectivity index (χ3v) is 6.04. The minimum Gasteiger partial charge on any atom is -0.452 e. The number of nitrogens with zero attached hydrogens (tertiary/aromatic N) is 2. The van der Waals surface area contributed by atoms with Gasteiger partial charge in [-0.05, 0) is 47.9 Å². The average molecular weight is 382 g/mol. The first kappa shape index (κ1) is 17.8. The number of benzene rings is 1. The van der Waals surface area contributed by atoms with E-state index < -0.39 is 6.10 Å². The molecule has 1 amide bonds. The van der Waals surface area contributed by atoms with Crippen LogP contribution in [0.2, 0.25) is 0 Å². The van der Waals surface area contributed by atoms with Gasteiger partial charge in [0.2, 0.25) is 0 Å². The maximum Gasteiger partial charge on any atom is 0.308 e. The molecule has 0 fully saturated rings. The van der Waals surface area contributed by atoms with Crippen LogP contribution in [0, 0.1) is 0 Å². The van der Waals surface area contributed by atoms with E-state index in [4.69, 9.17) is 4.74 Å². The van der Waals surface area contributed by atoms with E-state index in [1.54, 1.807) is 23.2 Å². The molecule has 27 heavy (non-hydrogen) atoms. The van der Waals surface area contributed by atoms with Gasteiger partial charge in [0, 0.05) is 36.2 Å². The zero-order chi connectivity index (χ0) is 18.8. The van der Waals surface area contributed by atoms with Gasteiger partial charge in [-0.15, -0.1) is 11.3 Å². The van der Waals surface area contributed by atoms with Crippen molar-refractivity contribution in [3.8, 4) is 0 Å². The maximum atomic E-state index is 12.6. The van der Waals surface area contributed by atoms with Crippen LogP contribution in [0.1, 0.15) is 23.8 Å². The molecule has 5 nitrogen and oxygen atoms in total. The molecule has 1 aromatic carbocycles. The van der Waals surface area contributed by atoms with Crippen molar-refractivity contribution >= 4 is 34.1 Å². The van der Waals surface area contributed by atoms with Crippen LogP contribution in [0.15, 0.2) is 48.0 Å². The lowest BCUT2D eigenvalue weighted by Crippen LogP contribution is -2.42. The summed E-state index contributed by atoms with van der Waals surface area (Å²) < 4.78 is 7.44. The molecule has 1 unspecified atom stereocenters. The van der Waals surface area contributed by atoms with Crippen molar-refractivity contribution in [3.63, 3.8) is 0 Å². The van der Waals surface area contributed by atoms with Gasteiger partial charge in [-0.25, -0.2) is 0 Å². The van der Waals surface area contributed by atoms with E-state index in [0.717, 1.165) is 17.3 Å². The van der Waals surface area contributed by atoms with Gasteiger partial charge in [0.15, 0.2) is 6.10 Å². The maximum absolute atomic E-state index is 12.6. The van der Waals surface area contributed by atoms with Crippen molar-refractivity contribution in [3.05, 3.63) is 58.4 Å². The lowest BCUT2D eigenvalue weighted by molar-refractivity contribution is -0.159. The number of esters is 1. The lowest BCUT2D eigenvalue weighted by atomic mass is 10.1. The van der Waals surface area contributed by atoms with E-state index in [1.807, 2.05) is 41.1 Å². The van der Waals surface area contributed by atoms with Gasteiger partial charge >= 0.3 is 5.97 Å². The molecule has 0 spiro atoms. The van der Waals surface area contributed by atoms with E-state index in [9.17, 15) is 9.59 Å². The van der Waals surface area contributed by atoms with Crippen LogP contribution >= 0.6 is 11.3 Å². The Morgan fingerprint density at radius 2 is 2.07 bits per heavy atom. The highest BCUT2D eigenvalue weighted by Gasteiger charge is 2.27. The van der Waals surface area contributed by atoms with Gasteiger partial charge in [-0.3, -0.25) is 9.59 Å². The smallest absolute Gasteiger partial charge is 0.308 e. The molecule has 6 heteroatoms. The number of hydrogen-bond acceptors (Lipinski definition) is 4. The number of para-hydroxylation sites is 1. The molecule has 2 aromatic heterocycles. The lowest BCUT2D eigenvalue weighted by Gasteiger charge is -2.29. The number of carbonyl (C=O) groups excluding carboxylic acids is 2. The Labute approximate surface area is 162 Å². The Bertz CT molecular complexity index is 975. The monoisotopic (exact) mass is 382 g/mol. The van der Waals surface area contributed by atoms with Gasteiger partial charge in [0.1, 0.15) is 0 Å². The van der Waals surface area contributed by atoms with E-state index in [2.05, 4.69) is 11.4 Å². The largest absolute Gasteiger partial charge is 0.452 e. The second-order valence-corrected chi connectivity index (χ2v) is 7.83. The summed E-state index contributed by atoms with van der Waals surface area (Å²) >= 11 is 1.74. The Morgan fingerprint density at radius 3 is 2.96 bits per heavy atom. The van der Waals surface area contributed by atoms with Crippen molar-refractivity contribution in [2.24, 2.45) is 0 Å². The number of fused-ring (bicyclic) bond motifs is 2. The SMILES string of the molecule is CC(OC(=O)CCn1ccc2ccccc21)C(=O)N1CCc2sccc2C1. The summed E-state index contributed by atoms with van der Waals surface area (Å²) in [6.07, 6.45) is 2.34. The average Bonchev–Trinajstić information content (AvgIpc) is 3.31. The van der Waals surface area contributed by atoms with Crippen LogP contribution in [-0.4, -0.2) is 34.0 Å². The number of rotatable bonds is 5. The van der Waals surface area contributed by atoms with Crippen LogP contribution < -0.4 is 0 Å². The number of hydrogen-bond donors (Lipinski definition) is 0. The number of thiophene rings is 1. The molecule has 0 bridgehead atoms. The summed E-state index contributed by atoms with van der Waals surface area (Å²) in [5, 5.41) is 3.21. The van der Waals surface area contributed by atoms with E-state index >= 15 is 0 Å². The van der Waals surface area contributed by atoms with Crippen molar-refractivity contribution in [2.75, 3.05) is 6.54 Å². The highest BCUT2D eigenvalue weighted by molar-refractivity contribution is 7.10. The summed E-state index contributed by atoms with van der Waals surface area (Å²) in [4.78, 5) is 28.0. The summed E-state index contributed by atoms with van der Waals surface area (Å²) in [6, 6.07) is 12.1. The molecule has 1 atom stereocenters. The third-order valence-electron chi connectivity index (χ3n) is 5.01.